The Bertz CT molecular complexity index is 595. The number of aryl methyl sites for hydroxylation is 1. The van der Waals surface area contributed by atoms with Gasteiger partial charge in [-0.2, -0.15) is 0 Å². The maximum Gasteiger partial charge on any atom is 0.184 e. The fourth-order valence-electron chi connectivity index (χ4n) is 3.16. The minimum Gasteiger partial charge on any atom is -0.467 e. The van der Waals surface area contributed by atoms with E-state index in [4.69, 9.17) is 21.7 Å². The second kappa shape index (κ2) is 5.41. The third-order valence-electron chi connectivity index (χ3n) is 4.18. The summed E-state index contributed by atoms with van der Waals surface area (Å²) in [7, 11) is 1.70. The van der Waals surface area contributed by atoms with Crippen molar-refractivity contribution in [1.29, 1.82) is 0 Å². The first-order chi connectivity index (χ1) is 9.94. The van der Waals surface area contributed by atoms with Gasteiger partial charge in [0.05, 0.1) is 12.6 Å². The summed E-state index contributed by atoms with van der Waals surface area (Å²) in [5, 5.41) is 4.17. The summed E-state index contributed by atoms with van der Waals surface area (Å²) in [6.45, 7) is 5.52. The number of nitrogens with one attached hydrogen (secondary N) is 1. The average Bonchev–Trinajstić information content (AvgIpc) is 2.40. The molecule has 1 saturated heterocycles. The Morgan fingerprint density at radius 3 is 3.05 bits per heavy atom. The van der Waals surface area contributed by atoms with Crippen LogP contribution in [0.1, 0.15) is 30.5 Å². The zero-order valence-electron chi connectivity index (χ0n) is 12.4. The number of rotatable bonds is 3. The van der Waals surface area contributed by atoms with Gasteiger partial charge in [0.1, 0.15) is 5.75 Å². The van der Waals surface area contributed by atoms with Crippen LogP contribution < -0.4 is 10.1 Å². The Balaban J connectivity index is 2.01. The molecule has 2 atom stereocenters. The minimum absolute atomic E-state index is 0.196. The van der Waals surface area contributed by atoms with Crippen molar-refractivity contribution in [2.45, 2.75) is 32.0 Å². The number of fused-ring (bicyclic) bond motifs is 4. The highest BCUT2D eigenvalue weighted by Gasteiger charge is 2.47. The highest BCUT2D eigenvalue weighted by atomic mass is 79.9. The molecule has 2 unspecified atom stereocenters. The zero-order valence-corrected chi connectivity index (χ0v) is 14.8. The largest absolute Gasteiger partial charge is 0.467 e. The van der Waals surface area contributed by atoms with Crippen LogP contribution in [0.2, 0.25) is 0 Å². The Kier molecular flexibility index (Phi) is 3.88. The van der Waals surface area contributed by atoms with Crippen LogP contribution in [0.3, 0.4) is 0 Å². The summed E-state index contributed by atoms with van der Waals surface area (Å²) in [5.41, 5.74) is 1.89. The van der Waals surface area contributed by atoms with Crippen LogP contribution in [0.5, 0.6) is 5.75 Å². The topological polar surface area (TPSA) is 33.7 Å². The molecule has 2 heterocycles. The molecule has 2 bridgehead atoms. The molecule has 114 valence electrons. The molecule has 1 aromatic rings. The molecular formula is C15H19BrN2O2S. The molecule has 0 aliphatic carbocycles. The monoisotopic (exact) mass is 370 g/mol. The van der Waals surface area contributed by atoms with E-state index in [0.29, 0.717) is 6.61 Å². The molecule has 2 aliphatic heterocycles. The first-order valence-corrected chi connectivity index (χ1v) is 8.21. The van der Waals surface area contributed by atoms with Crippen molar-refractivity contribution >= 4 is 33.3 Å². The van der Waals surface area contributed by atoms with Gasteiger partial charge in [-0.3, -0.25) is 0 Å². The lowest BCUT2D eigenvalue weighted by molar-refractivity contribution is -0.0745. The van der Waals surface area contributed by atoms with Crippen molar-refractivity contribution in [2.24, 2.45) is 0 Å². The Morgan fingerprint density at radius 2 is 2.33 bits per heavy atom. The van der Waals surface area contributed by atoms with Crippen LogP contribution in [0, 0.1) is 6.92 Å². The Morgan fingerprint density at radius 1 is 1.57 bits per heavy atom. The SMILES string of the molecule is COCCN1C(=S)NC2CC1(C)Oc1c(C)cc(Br)cc12. The summed E-state index contributed by atoms with van der Waals surface area (Å²) in [6.07, 6.45) is 0.861. The van der Waals surface area contributed by atoms with E-state index in [0.717, 1.165) is 33.9 Å². The smallest absolute Gasteiger partial charge is 0.184 e. The molecule has 1 N–H and O–H groups in total. The lowest BCUT2D eigenvalue weighted by atomic mass is 9.89. The van der Waals surface area contributed by atoms with Crippen LogP contribution in [-0.2, 0) is 4.74 Å². The number of halogens is 1. The molecule has 2 aliphatic rings. The summed E-state index contributed by atoms with van der Waals surface area (Å²) in [6, 6.07) is 4.40. The van der Waals surface area contributed by atoms with Crippen LogP contribution in [-0.4, -0.2) is 36.0 Å². The quantitative estimate of drug-likeness (QED) is 0.826. The van der Waals surface area contributed by atoms with E-state index in [1.165, 1.54) is 5.56 Å². The number of ether oxygens (including phenoxy) is 2. The number of thiocarbonyl (C=S) groups is 1. The molecule has 0 saturated carbocycles. The first-order valence-electron chi connectivity index (χ1n) is 7.01. The van der Waals surface area contributed by atoms with Gasteiger partial charge in [-0.05, 0) is 43.8 Å². The van der Waals surface area contributed by atoms with Gasteiger partial charge < -0.3 is 19.7 Å². The molecular weight excluding hydrogens is 352 g/mol. The fraction of sp³-hybridized carbons (Fsp3) is 0.533. The molecule has 0 aromatic heterocycles. The summed E-state index contributed by atoms with van der Waals surface area (Å²) < 4.78 is 12.6. The molecule has 1 fully saturated rings. The van der Waals surface area contributed by atoms with E-state index in [-0.39, 0.29) is 6.04 Å². The summed E-state index contributed by atoms with van der Waals surface area (Å²) >= 11 is 9.09. The van der Waals surface area contributed by atoms with E-state index in [1.807, 2.05) is 0 Å². The van der Waals surface area contributed by atoms with E-state index in [9.17, 15) is 0 Å². The van der Waals surface area contributed by atoms with Gasteiger partial charge in [-0.1, -0.05) is 15.9 Å². The highest BCUT2D eigenvalue weighted by molar-refractivity contribution is 9.10. The standard InChI is InChI=1S/C15H19BrN2O2S/c1-9-6-10(16)7-11-12-8-15(2,20-13(9)11)18(4-5-19-3)14(21)17-12/h6-7,12H,4-5,8H2,1-3H3,(H,17,21). The van der Waals surface area contributed by atoms with Crippen molar-refractivity contribution < 1.29 is 9.47 Å². The van der Waals surface area contributed by atoms with Gasteiger partial charge in [0.15, 0.2) is 10.8 Å². The number of methoxy groups -OCH3 is 1. The number of nitrogens with zero attached hydrogens (tertiary/aromatic N) is 1. The van der Waals surface area contributed by atoms with Crippen molar-refractivity contribution in [2.75, 3.05) is 20.3 Å². The van der Waals surface area contributed by atoms with Crippen LogP contribution >= 0.6 is 28.1 Å². The van der Waals surface area contributed by atoms with Crippen molar-refractivity contribution in [3.8, 4) is 5.75 Å². The molecule has 1 aromatic carbocycles. The predicted octanol–water partition coefficient (Wildman–Crippen LogP) is 3.13. The average molecular weight is 371 g/mol. The molecule has 0 spiro atoms. The van der Waals surface area contributed by atoms with Crippen LogP contribution in [0.15, 0.2) is 16.6 Å². The van der Waals surface area contributed by atoms with Crippen molar-refractivity contribution in [3.05, 3.63) is 27.7 Å². The van der Waals surface area contributed by atoms with Gasteiger partial charge in [-0.15, -0.1) is 0 Å². The molecule has 0 amide bonds. The fourth-order valence-corrected chi connectivity index (χ4v) is 4.18. The number of hydrogen-bond acceptors (Lipinski definition) is 3. The zero-order chi connectivity index (χ0) is 15.2. The Hall–Kier alpha value is -0.850. The normalized spacial score (nSPS) is 27.0. The van der Waals surface area contributed by atoms with Gasteiger partial charge in [0.25, 0.3) is 0 Å². The number of hydrogen-bond donors (Lipinski definition) is 1. The highest BCUT2D eigenvalue weighted by Crippen LogP contribution is 2.46. The Labute approximate surface area is 138 Å². The lowest BCUT2D eigenvalue weighted by Gasteiger charge is -2.52. The third kappa shape index (κ3) is 2.53. The molecule has 0 radical (unpaired) electrons. The molecule has 4 nitrogen and oxygen atoms in total. The van der Waals surface area contributed by atoms with Gasteiger partial charge >= 0.3 is 0 Å². The predicted molar refractivity (Wildman–Crippen MR) is 89.6 cm³/mol. The van der Waals surface area contributed by atoms with Gasteiger partial charge in [-0.25, -0.2) is 0 Å². The van der Waals surface area contributed by atoms with Crippen molar-refractivity contribution in [3.63, 3.8) is 0 Å². The lowest BCUT2D eigenvalue weighted by Crippen LogP contribution is -2.65. The van der Waals surface area contributed by atoms with Crippen molar-refractivity contribution in [1.82, 2.24) is 10.2 Å². The third-order valence-corrected chi connectivity index (χ3v) is 4.98. The summed E-state index contributed by atoms with van der Waals surface area (Å²) in [5.74, 6) is 0.967. The van der Waals surface area contributed by atoms with E-state index in [2.05, 4.69) is 52.1 Å². The minimum atomic E-state index is -0.420. The maximum atomic E-state index is 6.38. The molecule has 3 rings (SSSR count). The van der Waals surface area contributed by atoms with Gasteiger partial charge in [0.2, 0.25) is 0 Å². The molecule has 21 heavy (non-hydrogen) atoms. The maximum absolute atomic E-state index is 6.38. The van der Waals surface area contributed by atoms with Crippen LogP contribution in [0.25, 0.3) is 0 Å². The van der Waals surface area contributed by atoms with E-state index < -0.39 is 5.72 Å². The number of benzene rings is 1. The first kappa shape index (κ1) is 15.1. The summed E-state index contributed by atoms with van der Waals surface area (Å²) in [4.78, 5) is 2.09. The second-order valence-electron chi connectivity index (χ2n) is 5.77. The van der Waals surface area contributed by atoms with E-state index in [1.54, 1.807) is 7.11 Å². The van der Waals surface area contributed by atoms with Gasteiger partial charge in [0, 0.05) is 30.1 Å². The second-order valence-corrected chi connectivity index (χ2v) is 7.07. The van der Waals surface area contributed by atoms with E-state index >= 15 is 0 Å². The molecule has 6 heteroatoms. The van der Waals surface area contributed by atoms with Crippen LogP contribution in [0.4, 0.5) is 0 Å².